The SMILES string of the molecule is Cc1ccc(C)c(Cc2nnc(CCCN)o2)c1. The van der Waals surface area contributed by atoms with E-state index < -0.39 is 0 Å². The molecule has 0 bridgehead atoms. The van der Waals surface area contributed by atoms with Gasteiger partial charge in [0, 0.05) is 6.42 Å². The van der Waals surface area contributed by atoms with E-state index in [2.05, 4.69) is 42.2 Å². The second kappa shape index (κ2) is 5.78. The summed E-state index contributed by atoms with van der Waals surface area (Å²) in [5.74, 6) is 1.36. The van der Waals surface area contributed by atoms with E-state index in [0.717, 1.165) is 12.8 Å². The van der Waals surface area contributed by atoms with Crippen molar-refractivity contribution in [2.75, 3.05) is 6.54 Å². The van der Waals surface area contributed by atoms with Crippen LogP contribution in [0.3, 0.4) is 0 Å². The molecule has 0 aliphatic heterocycles. The lowest BCUT2D eigenvalue weighted by Crippen LogP contribution is -2.00. The Bertz CT molecular complexity index is 520. The van der Waals surface area contributed by atoms with Crippen LogP contribution in [0.2, 0.25) is 0 Å². The molecule has 1 aromatic carbocycles. The fraction of sp³-hybridized carbons (Fsp3) is 0.429. The van der Waals surface area contributed by atoms with Crippen LogP contribution >= 0.6 is 0 Å². The fourth-order valence-corrected chi connectivity index (χ4v) is 1.87. The lowest BCUT2D eigenvalue weighted by Gasteiger charge is -2.03. The van der Waals surface area contributed by atoms with Crippen LogP contribution < -0.4 is 5.73 Å². The van der Waals surface area contributed by atoms with Crippen molar-refractivity contribution in [1.29, 1.82) is 0 Å². The van der Waals surface area contributed by atoms with Crippen LogP contribution in [0.4, 0.5) is 0 Å². The number of rotatable bonds is 5. The number of hydrogen-bond acceptors (Lipinski definition) is 4. The highest BCUT2D eigenvalue weighted by Crippen LogP contribution is 2.15. The molecule has 18 heavy (non-hydrogen) atoms. The molecule has 4 nitrogen and oxygen atoms in total. The summed E-state index contributed by atoms with van der Waals surface area (Å²) in [6.45, 7) is 4.83. The quantitative estimate of drug-likeness (QED) is 0.876. The third-order valence-corrected chi connectivity index (χ3v) is 2.95. The molecule has 0 saturated carbocycles. The highest BCUT2D eigenvalue weighted by Gasteiger charge is 2.08. The molecule has 1 aromatic heterocycles. The number of aromatic nitrogens is 2. The van der Waals surface area contributed by atoms with Crippen LogP contribution in [-0.4, -0.2) is 16.7 Å². The first kappa shape index (κ1) is 12.8. The Labute approximate surface area is 107 Å². The minimum absolute atomic E-state index is 0.648. The van der Waals surface area contributed by atoms with E-state index in [1.807, 2.05) is 0 Å². The van der Waals surface area contributed by atoms with Crippen LogP contribution in [-0.2, 0) is 12.8 Å². The van der Waals surface area contributed by atoms with Crippen molar-refractivity contribution in [3.8, 4) is 0 Å². The smallest absolute Gasteiger partial charge is 0.220 e. The van der Waals surface area contributed by atoms with E-state index in [9.17, 15) is 0 Å². The average Bonchev–Trinajstić information content (AvgIpc) is 2.79. The minimum atomic E-state index is 0.648. The summed E-state index contributed by atoms with van der Waals surface area (Å²) in [4.78, 5) is 0. The first-order chi connectivity index (χ1) is 8.69. The number of nitrogens with zero attached hydrogens (tertiary/aromatic N) is 2. The molecular weight excluding hydrogens is 226 g/mol. The summed E-state index contributed by atoms with van der Waals surface area (Å²) >= 11 is 0. The molecule has 0 spiro atoms. The molecule has 0 amide bonds. The Morgan fingerprint density at radius 3 is 2.72 bits per heavy atom. The van der Waals surface area contributed by atoms with Crippen LogP contribution in [0.1, 0.15) is 34.9 Å². The maximum absolute atomic E-state index is 5.61. The summed E-state index contributed by atoms with van der Waals surface area (Å²) < 4.78 is 5.61. The summed E-state index contributed by atoms with van der Waals surface area (Å²) in [5.41, 5.74) is 9.19. The molecule has 0 unspecified atom stereocenters. The third-order valence-electron chi connectivity index (χ3n) is 2.95. The maximum atomic E-state index is 5.61. The van der Waals surface area contributed by atoms with Crippen molar-refractivity contribution < 1.29 is 4.42 Å². The van der Waals surface area contributed by atoms with Crippen LogP contribution in [0, 0.1) is 13.8 Å². The molecular formula is C14H19N3O. The topological polar surface area (TPSA) is 64.9 Å². The van der Waals surface area contributed by atoms with Gasteiger partial charge in [0.15, 0.2) is 0 Å². The van der Waals surface area contributed by atoms with Crippen LogP contribution in [0.15, 0.2) is 22.6 Å². The van der Waals surface area contributed by atoms with Gasteiger partial charge >= 0.3 is 0 Å². The second-order valence-electron chi connectivity index (χ2n) is 4.59. The number of benzene rings is 1. The largest absolute Gasteiger partial charge is 0.425 e. The Morgan fingerprint density at radius 2 is 1.94 bits per heavy atom. The first-order valence-electron chi connectivity index (χ1n) is 6.26. The van der Waals surface area contributed by atoms with E-state index in [1.54, 1.807) is 0 Å². The minimum Gasteiger partial charge on any atom is -0.425 e. The first-order valence-corrected chi connectivity index (χ1v) is 6.26. The van der Waals surface area contributed by atoms with E-state index in [0.29, 0.717) is 24.7 Å². The molecule has 2 N–H and O–H groups in total. The number of hydrogen-bond donors (Lipinski definition) is 1. The predicted octanol–water partition coefficient (Wildman–Crippen LogP) is 2.17. The van der Waals surface area contributed by atoms with Crippen molar-refractivity contribution in [2.24, 2.45) is 5.73 Å². The second-order valence-corrected chi connectivity index (χ2v) is 4.59. The molecule has 0 fully saturated rings. The molecule has 0 saturated heterocycles. The lowest BCUT2D eigenvalue weighted by atomic mass is 10.0. The van der Waals surface area contributed by atoms with Gasteiger partial charge in [-0.3, -0.25) is 0 Å². The van der Waals surface area contributed by atoms with E-state index in [1.165, 1.54) is 16.7 Å². The van der Waals surface area contributed by atoms with Crippen molar-refractivity contribution in [3.63, 3.8) is 0 Å². The van der Waals surface area contributed by atoms with Gasteiger partial charge in [0.05, 0.1) is 6.42 Å². The van der Waals surface area contributed by atoms with Crippen molar-refractivity contribution in [3.05, 3.63) is 46.7 Å². The zero-order valence-electron chi connectivity index (χ0n) is 10.9. The summed E-state index contributed by atoms with van der Waals surface area (Å²) in [5, 5.41) is 8.11. The normalized spacial score (nSPS) is 10.8. The molecule has 2 rings (SSSR count). The fourth-order valence-electron chi connectivity index (χ4n) is 1.87. The van der Waals surface area contributed by atoms with Crippen LogP contribution in [0.25, 0.3) is 0 Å². The van der Waals surface area contributed by atoms with Gasteiger partial charge in [-0.2, -0.15) is 0 Å². The van der Waals surface area contributed by atoms with Gasteiger partial charge in [-0.05, 0) is 37.9 Å². The molecule has 1 heterocycles. The Hall–Kier alpha value is -1.68. The van der Waals surface area contributed by atoms with E-state index in [-0.39, 0.29) is 0 Å². The highest BCUT2D eigenvalue weighted by atomic mass is 16.4. The standard InChI is InChI=1S/C14H19N3O/c1-10-5-6-11(2)12(8-10)9-14-17-16-13(18-14)4-3-7-15/h5-6,8H,3-4,7,9,15H2,1-2H3. The molecule has 96 valence electrons. The lowest BCUT2D eigenvalue weighted by molar-refractivity contribution is 0.453. The van der Waals surface area contributed by atoms with Gasteiger partial charge in [-0.1, -0.05) is 23.8 Å². The molecule has 0 aliphatic carbocycles. The molecule has 2 aromatic rings. The van der Waals surface area contributed by atoms with Gasteiger partial charge in [-0.25, -0.2) is 0 Å². The highest BCUT2D eigenvalue weighted by molar-refractivity contribution is 5.32. The summed E-state index contributed by atoms with van der Waals surface area (Å²) in [6, 6.07) is 6.40. The Morgan fingerprint density at radius 1 is 1.17 bits per heavy atom. The average molecular weight is 245 g/mol. The monoisotopic (exact) mass is 245 g/mol. The molecule has 0 aliphatic rings. The van der Waals surface area contributed by atoms with Gasteiger partial charge < -0.3 is 10.2 Å². The Balaban J connectivity index is 2.08. The van der Waals surface area contributed by atoms with Crippen molar-refractivity contribution >= 4 is 0 Å². The summed E-state index contributed by atoms with van der Waals surface area (Å²) in [7, 11) is 0. The Kier molecular flexibility index (Phi) is 4.10. The van der Waals surface area contributed by atoms with Gasteiger partial charge in [0.1, 0.15) is 0 Å². The molecule has 0 radical (unpaired) electrons. The zero-order valence-corrected chi connectivity index (χ0v) is 10.9. The molecule has 0 atom stereocenters. The maximum Gasteiger partial charge on any atom is 0.220 e. The van der Waals surface area contributed by atoms with E-state index >= 15 is 0 Å². The van der Waals surface area contributed by atoms with E-state index in [4.69, 9.17) is 10.2 Å². The third kappa shape index (κ3) is 3.17. The number of nitrogens with two attached hydrogens (primary N) is 1. The molecule has 4 heteroatoms. The van der Waals surface area contributed by atoms with Crippen molar-refractivity contribution in [1.82, 2.24) is 10.2 Å². The van der Waals surface area contributed by atoms with Gasteiger partial charge in [-0.15, -0.1) is 10.2 Å². The summed E-state index contributed by atoms with van der Waals surface area (Å²) in [6.07, 6.45) is 2.34. The van der Waals surface area contributed by atoms with Crippen molar-refractivity contribution in [2.45, 2.75) is 33.1 Å². The van der Waals surface area contributed by atoms with Crippen LogP contribution in [0.5, 0.6) is 0 Å². The number of aryl methyl sites for hydroxylation is 3. The van der Waals surface area contributed by atoms with Gasteiger partial charge in [0.25, 0.3) is 0 Å². The predicted molar refractivity (Wildman–Crippen MR) is 70.4 cm³/mol. The zero-order chi connectivity index (χ0) is 13.0. The van der Waals surface area contributed by atoms with Gasteiger partial charge in [0.2, 0.25) is 11.8 Å².